The van der Waals surface area contributed by atoms with Crippen molar-refractivity contribution in [2.24, 2.45) is 5.73 Å². The molecule has 0 aromatic heterocycles. The number of aryl methyl sites for hydroxylation is 2. The molecule has 1 aromatic carbocycles. The molecule has 1 unspecified atom stereocenters. The van der Waals surface area contributed by atoms with Crippen molar-refractivity contribution in [1.82, 2.24) is 4.90 Å². The maximum Gasteiger partial charge on any atom is 0.125 e. The molecule has 1 aromatic rings. The van der Waals surface area contributed by atoms with Crippen molar-refractivity contribution < 1.29 is 4.74 Å². The van der Waals surface area contributed by atoms with Crippen LogP contribution in [0.25, 0.3) is 0 Å². The fourth-order valence-corrected chi connectivity index (χ4v) is 2.56. The molecule has 0 radical (unpaired) electrons. The lowest BCUT2D eigenvalue weighted by Crippen LogP contribution is -2.23. The molecule has 102 valence electrons. The summed E-state index contributed by atoms with van der Waals surface area (Å²) in [5, 5.41) is 0. The first-order chi connectivity index (χ1) is 8.49. The third-order valence-corrected chi connectivity index (χ3v) is 3.19. The summed E-state index contributed by atoms with van der Waals surface area (Å²) >= 11 is 0. The molecule has 18 heavy (non-hydrogen) atoms. The van der Waals surface area contributed by atoms with E-state index in [1.807, 2.05) is 0 Å². The van der Waals surface area contributed by atoms with E-state index >= 15 is 0 Å². The average molecular weight is 250 g/mol. The van der Waals surface area contributed by atoms with Crippen LogP contribution in [0.4, 0.5) is 0 Å². The number of nitrogens with two attached hydrogens (primary N) is 1. The van der Waals surface area contributed by atoms with E-state index in [0.717, 1.165) is 18.7 Å². The fraction of sp³-hybridized carbons (Fsp3) is 0.600. The number of ether oxygens (including phenoxy) is 1. The Hall–Kier alpha value is -1.06. The molecule has 3 heteroatoms. The van der Waals surface area contributed by atoms with Gasteiger partial charge in [0.05, 0.1) is 7.11 Å². The molecule has 0 aliphatic heterocycles. The summed E-state index contributed by atoms with van der Waals surface area (Å²) < 4.78 is 5.58. The monoisotopic (exact) mass is 250 g/mol. The topological polar surface area (TPSA) is 38.5 Å². The number of hydrogen-bond donors (Lipinski definition) is 1. The van der Waals surface area contributed by atoms with Gasteiger partial charge >= 0.3 is 0 Å². The Labute approximate surface area is 111 Å². The van der Waals surface area contributed by atoms with E-state index in [1.165, 1.54) is 16.7 Å². The van der Waals surface area contributed by atoms with Crippen molar-refractivity contribution in [2.45, 2.75) is 26.2 Å². The summed E-state index contributed by atoms with van der Waals surface area (Å²) in [5.74, 6) is 1.44. The Morgan fingerprint density at radius 3 is 2.44 bits per heavy atom. The third-order valence-electron chi connectivity index (χ3n) is 3.19. The molecule has 0 heterocycles. The molecule has 0 aliphatic rings. The highest BCUT2D eigenvalue weighted by Gasteiger charge is 2.18. The average Bonchev–Trinajstić information content (AvgIpc) is 2.27. The van der Waals surface area contributed by atoms with Crippen LogP contribution in [0.2, 0.25) is 0 Å². The van der Waals surface area contributed by atoms with E-state index < -0.39 is 0 Å². The van der Waals surface area contributed by atoms with Crippen LogP contribution >= 0.6 is 0 Å². The van der Waals surface area contributed by atoms with Crippen molar-refractivity contribution in [1.29, 1.82) is 0 Å². The van der Waals surface area contributed by atoms with Crippen LogP contribution in [0.15, 0.2) is 12.1 Å². The van der Waals surface area contributed by atoms with Crippen LogP contribution < -0.4 is 10.5 Å². The minimum atomic E-state index is 0.429. The van der Waals surface area contributed by atoms with Gasteiger partial charge in [-0.05, 0) is 52.0 Å². The van der Waals surface area contributed by atoms with Gasteiger partial charge in [0.25, 0.3) is 0 Å². The van der Waals surface area contributed by atoms with Crippen molar-refractivity contribution in [3.8, 4) is 5.75 Å². The van der Waals surface area contributed by atoms with Gasteiger partial charge in [0.15, 0.2) is 0 Å². The predicted octanol–water partition coefficient (Wildman–Crippen LogP) is 2.31. The SMILES string of the molecule is COc1c(C)cc(C)cc1C(CCN)CN(C)C. The Bertz CT molecular complexity index is 388. The lowest BCUT2D eigenvalue weighted by molar-refractivity contribution is 0.351. The van der Waals surface area contributed by atoms with Crippen molar-refractivity contribution >= 4 is 0 Å². The number of benzene rings is 1. The lowest BCUT2D eigenvalue weighted by Gasteiger charge is -2.24. The Kier molecular flexibility index (Phi) is 5.63. The summed E-state index contributed by atoms with van der Waals surface area (Å²) in [6.45, 7) is 5.93. The van der Waals surface area contributed by atoms with Crippen LogP contribution in [-0.4, -0.2) is 39.2 Å². The zero-order valence-corrected chi connectivity index (χ0v) is 12.3. The van der Waals surface area contributed by atoms with Gasteiger partial charge in [0.1, 0.15) is 5.75 Å². The molecule has 0 aliphatic carbocycles. The highest BCUT2D eigenvalue weighted by molar-refractivity contribution is 5.45. The first-order valence-electron chi connectivity index (χ1n) is 6.49. The Morgan fingerprint density at radius 2 is 1.94 bits per heavy atom. The molecule has 0 saturated carbocycles. The van der Waals surface area contributed by atoms with E-state index in [-0.39, 0.29) is 0 Å². The molecule has 0 spiro atoms. The molecular weight excluding hydrogens is 224 g/mol. The molecule has 0 saturated heterocycles. The second-order valence-corrected chi connectivity index (χ2v) is 5.24. The third kappa shape index (κ3) is 3.72. The maximum atomic E-state index is 5.75. The predicted molar refractivity (Wildman–Crippen MR) is 77.4 cm³/mol. The standard InChI is InChI=1S/C15H26N2O/c1-11-8-12(2)15(18-5)14(9-11)13(6-7-16)10-17(3)4/h8-9,13H,6-7,10,16H2,1-5H3. The number of nitrogens with zero attached hydrogens (tertiary/aromatic N) is 1. The van der Waals surface area contributed by atoms with Gasteiger partial charge in [-0.3, -0.25) is 0 Å². The van der Waals surface area contributed by atoms with E-state index in [4.69, 9.17) is 10.5 Å². The largest absolute Gasteiger partial charge is 0.496 e. The second-order valence-electron chi connectivity index (χ2n) is 5.24. The molecule has 1 atom stereocenters. The number of likely N-dealkylation sites (N-methyl/N-ethyl adjacent to an activating group) is 1. The van der Waals surface area contributed by atoms with E-state index in [2.05, 4.69) is 45.0 Å². The normalized spacial score (nSPS) is 12.8. The molecule has 2 N–H and O–H groups in total. The summed E-state index contributed by atoms with van der Waals surface area (Å²) in [5.41, 5.74) is 9.52. The van der Waals surface area contributed by atoms with Gasteiger partial charge in [0, 0.05) is 12.5 Å². The van der Waals surface area contributed by atoms with E-state index in [1.54, 1.807) is 7.11 Å². The van der Waals surface area contributed by atoms with Crippen molar-refractivity contribution in [3.63, 3.8) is 0 Å². The number of hydrogen-bond acceptors (Lipinski definition) is 3. The van der Waals surface area contributed by atoms with Gasteiger partial charge in [0.2, 0.25) is 0 Å². The lowest BCUT2D eigenvalue weighted by atomic mass is 9.91. The minimum Gasteiger partial charge on any atom is -0.496 e. The highest BCUT2D eigenvalue weighted by atomic mass is 16.5. The molecule has 0 fully saturated rings. The molecule has 0 amide bonds. The fourth-order valence-electron chi connectivity index (χ4n) is 2.56. The number of rotatable bonds is 6. The van der Waals surface area contributed by atoms with Gasteiger partial charge in [-0.2, -0.15) is 0 Å². The Balaban J connectivity index is 3.16. The van der Waals surface area contributed by atoms with E-state index in [0.29, 0.717) is 12.5 Å². The summed E-state index contributed by atoms with van der Waals surface area (Å²) in [6, 6.07) is 4.40. The number of methoxy groups -OCH3 is 1. The van der Waals surface area contributed by atoms with Crippen LogP contribution in [0, 0.1) is 13.8 Å². The maximum absolute atomic E-state index is 5.75. The van der Waals surface area contributed by atoms with Crippen molar-refractivity contribution in [2.75, 3.05) is 34.3 Å². The van der Waals surface area contributed by atoms with Crippen molar-refractivity contribution in [3.05, 3.63) is 28.8 Å². The van der Waals surface area contributed by atoms with Gasteiger partial charge in [-0.1, -0.05) is 17.7 Å². The molecule has 3 nitrogen and oxygen atoms in total. The van der Waals surface area contributed by atoms with Crippen LogP contribution in [0.5, 0.6) is 5.75 Å². The summed E-state index contributed by atoms with van der Waals surface area (Å²) in [6.07, 6.45) is 0.984. The smallest absolute Gasteiger partial charge is 0.125 e. The van der Waals surface area contributed by atoms with E-state index in [9.17, 15) is 0 Å². The molecule has 0 bridgehead atoms. The highest BCUT2D eigenvalue weighted by Crippen LogP contribution is 2.33. The summed E-state index contributed by atoms with van der Waals surface area (Å²) in [4.78, 5) is 2.21. The first-order valence-corrected chi connectivity index (χ1v) is 6.49. The van der Waals surface area contributed by atoms with Crippen LogP contribution in [0.3, 0.4) is 0 Å². The first kappa shape index (κ1) is 15.0. The van der Waals surface area contributed by atoms with Crippen LogP contribution in [-0.2, 0) is 0 Å². The molecular formula is C15H26N2O. The van der Waals surface area contributed by atoms with Crippen LogP contribution in [0.1, 0.15) is 29.0 Å². The second kappa shape index (κ2) is 6.76. The quantitative estimate of drug-likeness (QED) is 0.842. The Morgan fingerprint density at radius 1 is 1.28 bits per heavy atom. The molecule has 1 rings (SSSR count). The van der Waals surface area contributed by atoms with Gasteiger partial charge in [-0.25, -0.2) is 0 Å². The van der Waals surface area contributed by atoms with Gasteiger partial charge < -0.3 is 15.4 Å². The summed E-state index contributed by atoms with van der Waals surface area (Å²) in [7, 11) is 5.94. The minimum absolute atomic E-state index is 0.429. The zero-order chi connectivity index (χ0) is 13.7. The zero-order valence-electron chi connectivity index (χ0n) is 12.3. The van der Waals surface area contributed by atoms with Gasteiger partial charge in [-0.15, -0.1) is 0 Å².